The molecular weight excluding hydrogens is 291 g/mol. The van der Waals surface area contributed by atoms with Gasteiger partial charge < -0.3 is 10.3 Å². The van der Waals surface area contributed by atoms with Gasteiger partial charge in [-0.15, -0.1) is 0 Å². The predicted octanol–water partition coefficient (Wildman–Crippen LogP) is 4.69. The molecule has 3 aromatic rings. The van der Waals surface area contributed by atoms with Gasteiger partial charge in [0.25, 0.3) is 0 Å². The van der Waals surface area contributed by atoms with Crippen LogP contribution in [0.5, 0.6) is 0 Å². The molecule has 0 bridgehead atoms. The SMILES string of the molecule is Cc1cccc(-c2noc(N)c2-c2cccc(Cl)c2F)c1. The molecule has 1 aromatic heterocycles. The summed E-state index contributed by atoms with van der Waals surface area (Å²) in [4.78, 5) is 0. The molecule has 0 amide bonds. The molecule has 2 aromatic carbocycles. The van der Waals surface area contributed by atoms with Crippen molar-refractivity contribution >= 4 is 17.5 Å². The Kier molecular flexibility index (Phi) is 3.39. The third-order valence-corrected chi connectivity index (χ3v) is 3.52. The summed E-state index contributed by atoms with van der Waals surface area (Å²) in [5.74, 6) is -0.476. The van der Waals surface area contributed by atoms with Crippen LogP contribution in [0.1, 0.15) is 5.56 Å². The van der Waals surface area contributed by atoms with E-state index in [1.165, 1.54) is 6.07 Å². The predicted molar refractivity (Wildman–Crippen MR) is 81.5 cm³/mol. The minimum absolute atomic E-state index is 0.0308. The lowest BCUT2D eigenvalue weighted by Crippen LogP contribution is -1.91. The molecule has 0 fully saturated rings. The lowest BCUT2D eigenvalue weighted by atomic mass is 9.99. The first-order valence-corrected chi connectivity index (χ1v) is 6.72. The van der Waals surface area contributed by atoms with Gasteiger partial charge in [-0.1, -0.05) is 52.7 Å². The normalized spacial score (nSPS) is 10.8. The summed E-state index contributed by atoms with van der Waals surface area (Å²) >= 11 is 5.84. The first-order chi connectivity index (χ1) is 10.1. The summed E-state index contributed by atoms with van der Waals surface area (Å²) in [6.45, 7) is 1.96. The quantitative estimate of drug-likeness (QED) is 0.747. The minimum Gasteiger partial charge on any atom is -0.367 e. The fourth-order valence-corrected chi connectivity index (χ4v) is 2.42. The van der Waals surface area contributed by atoms with Crippen molar-refractivity contribution in [2.45, 2.75) is 6.92 Å². The molecule has 106 valence electrons. The number of nitrogens with two attached hydrogens (primary N) is 1. The third-order valence-electron chi connectivity index (χ3n) is 3.23. The Hall–Kier alpha value is -2.33. The zero-order valence-electron chi connectivity index (χ0n) is 11.2. The van der Waals surface area contributed by atoms with E-state index in [0.29, 0.717) is 11.3 Å². The van der Waals surface area contributed by atoms with Gasteiger partial charge in [-0.05, 0) is 19.1 Å². The monoisotopic (exact) mass is 302 g/mol. The number of anilines is 1. The van der Waals surface area contributed by atoms with Crippen molar-refractivity contribution in [2.75, 3.05) is 5.73 Å². The average Bonchev–Trinajstić information content (AvgIpc) is 2.84. The Balaban J connectivity index is 2.25. The number of nitrogen functional groups attached to an aromatic ring is 1. The second-order valence-electron chi connectivity index (χ2n) is 4.74. The van der Waals surface area contributed by atoms with Crippen molar-refractivity contribution in [3.05, 3.63) is 58.9 Å². The van der Waals surface area contributed by atoms with Gasteiger partial charge in [0, 0.05) is 11.1 Å². The first-order valence-electron chi connectivity index (χ1n) is 6.34. The number of aromatic nitrogens is 1. The van der Waals surface area contributed by atoms with E-state index in [2.05, 4.69) is 5.16 Å². The standard InChI is InChI=1S/C16H12ClFN2O/c1-9-4-2-5-10(8-9)15-13(16(19)21-20-15)11-6-3-7-12(17)14(11)18/h2-8H,19H2,1H3. The average molecular weight is 303 g/mol. The molecule has 3 rings (SSSR count). The van der Waals surface area contributed by atoms with Crippen LogP contribution < -0.4 is 5.73 Å². The van der Waals surface area contributed by atoms with Crippen molar-refractivity contribution in [1.82, 2.24) is 5.16 Å². The van der Waals surface area contributed by atoms with Gasteiger partial charge >= 0.3 is 0 Å². The molecule has 0 saturated carbocycles. The summed E-state index contributed by atoms with van der Waals surface area (Å²) in [7, 11) is 0. The van der Waals surface area contributed by atoms with Crippen LogP contribution in [-0.2, 0) is 0 Å². The highest BCUT2D eigenvalue weighted by molar-refractivity contribution is 6.31. The van der Waals surface area contributed by atoms with Crippen LogP contribution in [0.2, 0.25) is 5.02 Å². The fraction of sp³-hybridized carbons (Fsp3) is 0.0625. The number of nitrogens with zero attached hydrogens (tertiary/aromatic N) is 1. The van der Waals surface area contributed by atoms with Crippen LogP contribution in [0.25, 0.3) is 22.4 Å². The molecule has 2 N–H and O–H groups in total. The largest absolute Gasteiger partial charge is 0.367 e. The number of hydrogen-bond donors (Lipinski definition) is 1. The number of aryl methyl sites for hydroxylation is 1. The molecule has 0 saturated heterocycles. The van der Waals surface area contributed by atoms with Gasteiger partial charge in [-0.3, -0.25) is 0 Å². The number of benzene rings is 2. The maximum absolute atomic E-state index is 14.3. The lowest BCUT2D eigenvalue weighted by Gasteiger charge is -2.06. The maximum atomic E-state index is 14.3. The van der Waals surface area contributed by atoms with E-state index in [0.717, 1.165) is 11.1 Å². The molecule has 0 spiro atoms. The van der Waals surface area contributed by atoms with Gasteiger partial charge in [0.05, 0.1) is 10.6 Å². The molecule has 0 radical (unpaired) electrons. The van der Waals surface area contributed by atoms with Crippen LogP contribution in [0.4, 0.5) is 10.3 Å². The van der Waals surface area contributed by atoms with E-state index in [1.807, 2.05) is 31.2 Å². The maximum Gasteiger partial charge on any atom is 0.230 e. The molecule has 0 atom stereocenters. The summed E-state index contributed by atoms with van der Waals surface area (Å²) < 4.78 is 19.3. The molecule has 21 heavy (non-hydrogen) atoms. The van der Waals surface area contributed by atoms with Crippen LogP contribution in [-0.4, -0.2) is 5.16 Å². The Morgan fingerprint density at radius 1 is 1.19 bits per heavy atom. The summed E-state index contributed by atoms with van der Waals surface area (Å²) in [5.41, 5.74) is 8.89. The highest BCUT2D eigenvalue weighted by atomic mass is 35.5. The van der Waals surface area contributed by atoms with E-state index in [4.69, 9.17) is 21.9 Å². The van der Waals surface area contributed by atoms with Crippen molar-refractivity contribution < 1.29 is 8.91 Å². The van der Waals surface area contributed by atoms with Gasteiger partial charge in [-0.2, -0.15) is 0 Å². The van der Waals surface area contributed by atoms with Gasteiger partial charge in [0.15, 0.2) is 0 Å². The highest BCUT2D eigenvalue weighted by Crippen LogP contribution is 2.38. The van der Waals surface area contributed by atoms with Gasteiger partial charge in [0.1, 0.15) is 11.5 Å². The first kappa shape index (κ1) is 13.6. The van der Waals surface area contributed by atoms with Crippen molar-refractivity contribution in [3.63, 3.8) is 0 Å². The van der Waals surface area contributed by atoms with E-state index in [9.17, 15) is 4.39 Å². The van der Waals surface area contributed by atoms with Crippen LogP contribution in [0.15, 0.2) is 47.0 Å². The lowest BCUT2D eigenvalue weighted by molar-refractivity contribution is 0.439. The topological polar surface area (TPSA) is 52.0 Å². The number of rotatable bonds is 2. The Morgan fingerprint density at radius 2 is 1.95 bits per heavy atom. The van der Waals surface area contributed by atoms with Crippen LogP contribution >= 0.6 is 11.6 Å². The molecule has 3 nitrogen and oxygen atoms in total. The molecular formula is C16H12ClFN2O. The minimum atomic E-state index is -0.539. The number of hydrogen-bond acceptors (Lipinski definition) is 3. The summed E-state index contributed by atoms with van der Waals surface area (Å²) in [6, 6.07) is 12.4. The molecule has 1 heterocycles. The number of halogens is 2. The van der Waals surface area contributed by atoms with E-state index in [-0.39, 0.29) is 16.5 Å². The molecule has 0 aliphatic heterocycles. The molecule has 0 aliphatic rings. The van der Waals surface area contributed by atoms with E-state index in [1.54, 1.807) is 12.1 Å². The second-order valence-corrected chi connectivity index (χ2v) is 5.15. The summed E-state index contributed by atoms with van der Waals surface area (Å²) in [5, 5.41) is 4.00. The van der Waals surface area contributed by atoms with Gasteiger partial charge in [0.2, 0.25) is 5.88 Å². The second kappa shape index (κ2) is 5.22. The van der Waals surface area contributed by atoms with Crippen LogP contribution in [0.3, 0.4) is 0 Å². The third kappa shape index (κ3) is 2.38. The Labute approximate surface area is 126 Å². The Morgan fingerprint density at radius 3 is 2.71 bits per heavy atom. The molecule has 5 heteroatoms. The van der Waals surface area contributed by atoms with Crippen LogP contribution in [0, 0.1) is 12.7 Å². The van der Waals surface area contributed by atoms with Gasteiger partial charge in [-0.25, -0.2) is 4.39 Å². The van der Waals surface area contributed by atoms with E-state index >= 15 is 0 Å². The summed E-state index contributed by atoms with van der Waals surface area (Å²) in [6.07, 6.45) is 0. The van der Waals surface area contributed by atoms with E-state index < -0.39 is 5.82 Å². The Bertz CT molecular complexity index is 814. The van der Waals surface area contributed by atoms with Crippen molar-refractivity contribution in [1.29, 1.82) is 0 Å². The molecule has 0 aliphatic carbocycles. The zero-order valence-corrected chi connectivity index (χ0v) is 12.0. The highest BCUT2D eigenvalue weighted by Gasteiger charge is 2.21. The van der Waals surface area contributed by atoms with Crippen molar-refractivity contribution in [2.24, 2.45) is 0 Å². The molecule has 0 unspecified atom stereocenters. The fourth-order valence-electron chi connectivity index (χ4n) is 2.25. The van der Waals surface area contributed by atoms with Crippen molar-refractivity contribution in [3.8, 4) is 22.4 Å². The smallest absolute Gasteiger partial charge is 0.230 e. The zero-order chi connectivity index (χ0) is 15.0.